The maximum Gasteiger partial charge on any atom is 3.00 e. The quantitative estimate of drug-likeness (QED) is 0.570. The molecule has 0 fully saturated rings. The van der Waals surface area contributed by atoms with Crippen LogP contribution in [0.5, 0.6) is 0 Å². The predicted molar refractivity (Wildman–Crippen MR) is 103 cm³/mol. The maximum atomic E-state index is 8.25. The molecule has 0 amide bonds. The van der Waals surface area contributed by atoms with Crippen LogP contribution in [0.15, 0.2) is 12.1 Å². The van der Waals surface area contributed by atoms with Crippen LogP contribution in [0.2, 0.25) is 58.9 Å². The Morgan fingerprint density at radius 3 is 1.27 bits per heavy atom. The van der Waals surface area contributed by atoms with Crippen LogP contribution in [-0.4, -0.2) is 38.4 Å². The molecule has 6 heteroatoms. The molecule has 22 heavy (non-hydrogen) atoms. The summed E-state index contributed by atoms with van der Waals surface area (Å²) in [6.07, 6.45) is 0. The first-order chi connectivity index (χ1) is 9.33. The van der Waals surface area contributed by atoms with Gasteiger partial charge in [0.25, 0.3) is 0 Å². The van der Waals surface area contributed by atoms with Gasteiger partial charge >= 0.3 is 21.7 Å². The predicted octanol–water partition coefficient (Wildman–Crippen LogP) is 0.992. The molecule has 0 unspecified atom stereocenters. The van der Waals surface area contributed by atoms with Crippen molar-refractivity contribution >= 4 is 39.8 Å². The minimum Gasteiger partial charge on any atom is -0.857 e. The summed E-state index contributed by atoms with van der Waals surface area (Å²) < 4.78 is 0. The van der Waals surface area contributed by atoms with Gasteiger partial charge in [-0.3, -0.25) is 0 Å². The summed E-state index contributed by atoms with van der Waals surface area (Å²) in [5.41, 5.74) is 0. The molecule has 0 saturated carbocycles. The molecule has 0 heterocycles. The minimum atomic E-state index is -1.19. The Kier molecular flexibility index (Phi) is 13.1. The van der Waals surface area contributed by atoms with Crippen LogP contribution in [0.1, 0.15) is 0 Å². The fraction of sp³-hybridized carbons (Fsp3) is 0.688. The molecule has 0 atom stereocenters. The van der Waals surface area contributed by atoms with E-state index in [0.29, 0.717) is 0 Å². The van der Waals surface area contributed by atoms with E-state index in [1.807, 2.05) is 0 Å². The summed E-state index contributed by atoms with van der Waals surface area (Å²) in [5, 5.41) is 21.7. The zero-order chi connectivity index (χ0) is 17.6. The summed E-state index contributed by atoms with van der Waals surface area (Å²) in [5.74, 6) is 0. The van der Waals surface area contributed by atoms with Gasteiger partial charge in [-0.1, -0.05) is 58.9 Å². The first kappa shape index (κ1) is 27.5. The summed E-state index contributed by atoms with van der Waals surface area (Å²) in [7, 11) is -2.03. The molecule has 1 aromatic rings. The van der Waals surface area contributed by atoms with E-state index in [9.17, 15) is 0 Å². The fourth-order valence-electron chi connectivity index (χ4n) is 2.18. The third-order valence-corrected chi connectivity index (χ3v) is 9.70. The van der Waals surface area contributed by atoms with Gasteiger partial charge in [0.1, 0.15) is 0 Å². The Hall–Kier alpha value is 0.635. The van der Waals surface area contributed by atoms with Gasteiger partial charge in [0, 0.05) is 16.1 Å². The van der Waals surface area contributed by atoms with Crippen LogP contribution in [0.3, 0.4) is 0 Å². The Labute approximate surface area is 156 Å². The van der Waals surface area contributed by atoms with Gasteiger partial charge in [-0.15, -0.1) is 0 Å². The molecule has 0 aromatic heterocycles. The minimum absolute atomic E-state index is 0. The van der Waals surface area contributed by atoms with E-state index in [1.165, 1.54) is 0 Å². The standard InChI is InChI=1S/C14H29Si3.2CH3O.Ti/c1-15(2,3)12-10-13(16(4,5)6)14(11-12)17(7,8)9;2*1-2;/h10-11H,1-9H3;2*1H3;/q3*-1;+3. The average Bonchev–Trinajstić information content (AvgIpc) is 2.78. The van der Waals surface area contributed by atoms with Crippen molar-refractivity contribution in [1.29, 1.82) is 0 Å². The smallest absolute Gasteiger partial charge is 0.857 e. The van der Waals surface area contributed by atoms with Crippen molar-refractivity contribution in [3.05, 3.63) is 12.1 Å². The van der Waals surface area contributed by atoms with E-state index in [2.05, 4.69) is 71.1 Å². The van der Waals surface area contributed by atoms with Gasteiger partial charge in [-0.05, 0) is 0 Å². The molecule has 0 aliphatic rings. The Morgan fingerprint density at radius 1 is 0.727 bits per heavy atom. The van der Waals surface area contributed by atoms with E-state index in [1.54, 1.807) is 15.6 Å². The van der Waals surface area contributed by atoms with E-state index in [4.69, 9.17) is 10.2 Å². The van der Waals surface area contributed by atoms with Crippen LogP contribution in [0.4, 0.5) is 0 Å². The van der Waals surface area contributed by atoms with Gasteiger partial charge < -0.3 is 10.2 Å². The molecule has 1 radical (unpaired) electrons. The topological polar surface area (TPSA) is 46.1 Å². The van der Waals surface area contributed by atoms with E-state index in [0.717, 1.165) is 14.2 Å². The van der Waals surface area contributed by atoms with E-state index in [-0.39, 0.29) is 21.7 Å². The van der Waals surface area contributed by atoms with Gasteiger partial charge in [-0.2, -0.15) is 30.7 Å². The molecule has 0 saturated heterocycles. The van der Waals surface area contributed by atoms with Crippen molar-refractivity contribution in [2.24, 2.45) is 0 Å². The molecule has 0 spiro atoms. The fourth-order valence-corrected chi connectivity index (χ4v) is 8.81. The van der Waals surface area contributed by atoms with Gasteiger partial charge in [0.15, 0.2) is 0 Å². The maximum absolute atomic E-state index is 8.25. The van der Waals surface area contributed by atoms with Crippen molar-refractivity contribution in [2.75, 3.05) is 14.2 Å². The molecule has 127 valence electrons. The van der Waals surface area contributed by atoms with Crippen LogP contribution in [0, 0.1) is 0 Å². The van der Waals surface area contributed by atoms with Crippen molar-refractivity contribution in [3.63, 3.8) is 0 Å². The first-order valence-electron chi connectivity index (χ1n) is 7.47. The Balaban J connectivity index is -0.000000665. The summed E-state index contributed by atoms with van der Waals surface area (Å²) >= 11 is 0. The SMILES string of the molecule is C[O-].C[O-].C[Si](C)(C)c1cc([Si](C)(C)C)[c-]([Si](C)(C)C)c1.[Ti+3]. The van der Waals surface area contributed by atoms with E-state index < -0.39 is 24.2 Å². The zero-order valence-electron chi connectivity index (χ0n) is 16.5. The van der Waals surface area contributed by atoms with Crippen molar-refractivity contribution < 1.29 is 31.9 Å². The molecular weight excluding hydrogens is 356 g/mol. The summed E-state index contributed by atoms with van der Waals surface area (Å²) in [4.78, 5) is 0. The summed E-state index contributed by atoms with van der Waals surface area (Å²) in [6, 6.07) is 5.15. The van der Waals surface area contributed by atoms with Crippen molar-refractivity contribution in [1.82, 2.24) is 0 Å². The molecule has 0 aliphatic heterocycles. The third-order valence-electron chi connectivity index (χ3n) is 3.37. The molecule has 0 bridgehead atoms. The van der Waals surface area contributed by atoms with Gasteiger partial charge in [-0.25, -0.2) is 11.3 Å². The second-order valence-electron chi connectivity index (χ2n) is 8.32. The third kappa shape index (κ3) is 8.48. The molecule has 1 rings (SSSR count). The molecule has 0 aliphatic carbocycles. The molecule has 1 aromatic carbocycles. The van der Waals surface area contributed by atoms with Crippen LogP contribution < -0.4 is 25.8 Å². The zero-order valence-corrected chi connectivity index (χ0v) is 21.0. The van der Waals surface area contributed by atoms with Gasteiger partial charge in [0.2, 0.25) is 0 Å². The second-order valence-corrected chi connectivity index (χ2v) is 23.5. The monoisotopic (exact) mass is 391 g/mol. The molecule has 0 N–H and O–H groups in total. The average molecular weight is 392 g/mol. The van der Waals surface area contributed by atoms with Gasteiger partial charge in [0.05, 0.1) is 8.07 Å². The Bertz CT molecular complexity index is 379. The van der Waals surface area contributed by atoms with Crippen LogP contribution >= 0.6 is 0 Å². The second kappa shape index (κ2) is 10.5. The first-order valence-corrected chi connectivity index (χ1v) is 18.0. The van der Waals surface area contributed by atoms with Crippen molar-refractivity contribution in [3.8, 4) is 0 Å². The van der Waals surface area contributed by atoms with Crippen LogP contribution in [0.25, 0.3) is 0 Å². The summed E-state index contributed by atoms with van der Waals surface area (Å²) in [6.45, 7) is 22.3. The molecular formula is C16H35O2Si3Ti. The number of hydrogen-bond donors (Lipinski definition) is 0. The largest absolute Gasteiger partial charge is 3.00 e. The van der Waals surface area contributed by atoms with Crippen LogP contribution in [-0.2, 0) is 21.7 Å². The number of hydrogen-bond acceptors (Lipinski definition) is 2. The van der Waals surface area contributed by atoms with Crippen molar-refractivity contribution in [2.45, 2.75) is 58.9 Å². The molecule has 2 nitrogen and oxygen atoms in total. The number of rotatable bonds is 3. The van der Waals surface area contributed by atoms with E-state index >= 15 is 0 Å². The normalized spacial score (nSPS) is 11.5. The Morgan fingerprint density at radius 2 is 1.09 bits per heavy atom.